The monoisotopic (exact) mass is 380 g/mol. The molecule has 1 unspecified atom stereocenters. The minimum absolute atomic E-state index is 1.36. The number of benzene rings is 3. The van der Waals surface area contributed by atoms with Crippen LogP contribution in [0.15, 0.2) is 69.3 Å². The molecule has 26 heavy (non-hydrogen) atoms. The summed E-state index contributed by atoms with van der Waals surface area (Å²) in [7, 11) is 1.89. The molecule has 0 saturated carbocycles. The van der Waals surface area contributed by atoms with Crippen LogP contribution < -0.4 is 0 Å². The SMILES string of the molecule is Cc1cccc(S(P)(c2cccc(C)c2C)c2cccc(C)c2C)c1C. The molecule has 0 saturated heterocycles. The zero-order valence-corrected chi connectivity index (χ0v) is 18.7. The van der Waals surface area contributed by atoms with Crippen molar-refractivity contribution in [2.75, 3.05) is 0 Å². The highest BCUT2D eigenvalue weighted by Gasteiger charge is 2.31. The van der Waals surface area contributed by atoms with Crippen LogP contribution in [0.1, 0.15) is 33.4 Å². The molecule has 0 aromatic heterocycles. The molecule has 1 atom stereocenters. The van der Waals surface area contributed by atoms with Gasteiger partial charge in [0.1, 0.15) is 0 Å². The normalized spacial score (nSPS) is 12.3. The van der Waals surface area contributed by atoms with Gasteiger partial charge in [-0.15, -0.1) is 9.65 Å². The van der Waals surface area contributed by atoms with Gasteiger partial charge in [0, 0.05) is 14.7 Å². The van der Waals surface area contributed by atoms with E-state index in [4.69, 9.17) is 0 Å². The third-order valence-electron chi connectivity index (χ3n) is 5.71. The minimum Gasteiger partial charge on any atom is -0.144 e. The highest BCUT2D eigenvalue weighted by atomic mass is 32.8. The van der Waals surface area contributed by atoms with Crippen molar-refractivity contribution >= 4 is 18.1 Å². The van der Waals surface area contributed by atoms with Crippen LogP contribution in [0.4, 0.5) is 0 Å². The van der Waals surface area contributed by atoms with Crippen LogP contribution >= 0.6 is 18.1 Å². The van der Waals surface area contributed by atoms with Crippen molar-refractivity contribution in [1.29, 1.82) is 0 Å². The lowest BCUT2D eigenvalue weighted by molar-refractivity contribution is 1.15. The fraction of sp³-hybridized carbons (Fsp3) is 0.250. The van der Waals surface area contributed by atoms with Gasteiger partial charge in [0.25, 0.3) is 0 Å². The first-order valence-electron chi connectivity index (χ1n) is 9.08. The third kappa shape index (κ3) is 3.02. The van der Waals surface area contributed by atoms with E-state index in [0.717, 1.165) is 0 Å². The summed E-state index contributed by atoms with van der Waals surface area (Å²) < 4.78 is 0. The number of hydrogen-bond acceptors (Lipinski definition) is 0. The molecule has 0 heterocycles. The second-order valence-electron chi connectivity index (χ2n) is 7.25. The Morgan fingerprint density at radius 3 is 1.04 bits per heavy atom. The Labute approximate surface area is 162 Å². The molecule has 3 rings (SSSR count). The Morgan fingerprint density at radius 2 is 0.769 bits per heavy atom. The zero-order chi connectivity index (χ0) is 19.1. The zero-order valence-electron chi connectivity index (χ0n) is 16.7. The van der Waals surface area contributed by atoms with Gasteiger partial charge < -0.3 is 0 Å². The van der Waals surface area contributed by atoms with Crippen molar-refractivity contribution in [2.45, 2.75) is 56.2 Å². The van der Waals surface area contributed by atoms with Crippen LogP contribution in [0.3, 0.4) is 0 Å². The molecule has 0 aliphatic heterocycles. The van der Waals surface area contributed by atoms with E-state index in [1.54, 1.807) is 0 Å². The van der Waals surface area contributed by atoms with Crippen molar-refractivity contribution in [3.8, 4) is 0 Å². The van der Waals surface area contributed by atoms with Gasteiger partial charge in [-0.1, -0.05) is 44.8 Å². The molecule has 3 aromatic carbocycles. The first kappa shape index (κ1) is 19.2. The highest BCUT2D eigenvalue weighted by Crippen LogP contribution is 2.76. The smallest absolute Gasteiger partial charge is 0.00453 e. The first-order chi connectivity index (χ1) is 12.3. The molecule has 0 bridgehead atoms. The van der Waals surface area contributed by atoms with E-state index in [9.17, 15) is 0 Å². The topological polar surface area (TPSA) is 0 Å². The molecule has 0 N–H and O–H groups in total. The van der Waals surface area contributed by atoms with Crippen molar-refractivity contribution in [1.82, 2.24) is 0 Å². The Kier molecular flexibility index (Phi) is 5.33. The molecule has 0 aliphatic rings. The van der Waals surface area contributed by atoms with Crippen molar-refractivity contribution in [2.24, 2.45) is 0 Å². The molecular formula is C24H29PS. The lowest BCUT2D eigenvalue weighted by Gasteiger charge is -2.41. The second-order valence-corrected chi connectivity index (χ2v) is 12.0. The quantitative estimate of drug-likeness (QED) is 0.410. The van der Waals surface area contributed by atoms with Crippen LogP contribution in [0, 0.1) is 41.5 Å². The molecule has 0 amide bonds. The largest absolute Gasteiger partial charge is 0.144 e. The van der Waals surface area contributed by atoms with E-state index in [1.807, 2.05) is 0 Å². The van der Waals surface area contributed by atoms with Gasteiger partial charge in [0.2, 0.25) is 0 Å². The van der Waals surface area contributed by atoms with Gasteiger partial charge in [-0.05, 0) is 93.1 Å². The number of aryl methyl sites for hydroxylation is 3. The van der Waals surface area contributed by atoms with Gasteiger partial charge >= 0.3 is 0 Å². The van der Waals surface area contributed by atoms with Crippen molar-refractivity contribution < 1.29 is 0 Å². The van der Waals surface area contributed by atoms with E-state index in [2.05, 4.69) is 105 Å². The summed E-state index contributed by atoms with van der Waals surface area (Å²) in [6.45, 7) is 13.5. The predicted octanol–water partition coefficient (Wildman–Crippen LogP) is 7.61. The summed E-state index contributed by atoms with van der Waals surface area (Å²) in [5.74, 6) is 0. The lowest BCUT2D eigenvalue weighted by atomic mass is 10.1. The van der Waals surface area contributed by atoms with Gasteiger partial charge in [-0.2, -0.15) is 0 Å². The number of rotatable bonds is 3. The Bertz CT molecular complexity index is 847. The van der Waals surface area contributed by atoms with Crippen LogP contribution in [-0.4, -0.2) is 0 Å². The molecule has 0 aliphatic carbocycles. The summed E-state index contributed by atoms with van der Waals surface area (Å²) in [6, 6.07) is 20.3. The molecule has 2 heteroatoms. The average Bonchev–Trinajstić information content (AvgIpc) is 2.61. The minimum atomic E-state index is -1.42. The van der Waals surface area contributed by atoms with Crippen molar-refractivity contribution in [3.05, 3.63) is 88.0 Å². The Hall–Kier alpha value is -1.56. The Morgan fingerprint density at radius 1 is 0.500 bits per heavy atom. The standard InChI is InChI=1S/C24H29PS/c1-16-10-7-13-22(19(16)4)26(25,23-14-8-11-17(2)20(23)5)24-15-9-12-18(3)21(24)6/h7-15H,25H2,1-6H3. The maximum Gasteiger partial charge on any atom is 0.00453 e. The summed E-state index contributed by atoms with van der Waals surface area (Å²) in [4.78, 5) is 4.35. The maximum absolute atomic E-state index is 3.31. The van der Waals surface area contributed by atoms with Gasteiger partial charge in [-0.3, -0.25) is 0 Å². The van der Waals surface area contributed by atoms with Gasteiger partial charge in [0.05, 0.1) is 0 Å². The summed E-state index contributed by atoms with van der Waals surface area (Å²) in [5, 5.41) is 0. The molecule has 136 valence electrons. The van der Waals surface area contributed by atoms with E-state index in [-0.39, 0.29) is 0 Å². The van der Waals surface area contributed by atoms with Crippen LogP contribution in [0.2, 0.25) is 0 Å². The molecule has 0 radical (unpaired) electrons. The first-order valence-corrected chi connectivity index (χ1v) is 12.2. The van der Waals surface area contributed by atoms with Crippen molar-refractivity contribution in [3.63, 3.8) is 0 Å². The van der Waals surface area contributed by atoms with E-state index in [0.29, 0.717) is 0 Å². The van der Waals surface area contributed by atoms with Gasteiger partial charge in [-0.25, -0.2) is 0 Å². The fourth-order valence-electron chi connectivity index (χ4n) is 3.57. The third-order valence-corrected chi connectivity index (χ3v) is 11.4. The van der Waals surface area contributed by atoms with E-state index >= 15 is 0 Å². The van der Waals surface area contributed by atoms with Crippen LogP contribution in [-0.2, 0) is 0 Å². The predicted molar refractivity (Wildman–Crippen MR) is 120 cm³/mol. The van der Waals surface area contributed by atoms with Gasteiger partial charge in [0.15, 0.2) is 0 Å². The molecular weight excluding hydrogens is 351 g/mol. The second kappa shape index (κ2) is 7.22. The average molecular weight is 381 g/mol. The van der Waals surface area contributed by atoms with E-state index in [1.165, 1.54) is 48.1 Å². The molecule has 3 aromatic rings. The summed E-state index contributed by atoms with van der Waals surface area (Å²) in [6.07, 6.45) is 0. The summed E-state index contributed by atoms with van der Waals surface area (Å²) in [5.41, 5.74) is 8.28. The lowest BCUT2D eigenvalue weighted by Crippen LogP contribution is -2.04. The van der Waals surface area contributed by atoms with Crippen LogP contribution in [0.5, 0.6) is 0 Å². The van der Waals surface area contributed by atoms with E-state index < -0.39 is 9.65 Å². The molecule has 0 nitrogen and oxygen atoms in total. The molecule has 0 spiro atoms. The Balaban J connectivity index is 2.46. The maximum atomic E-state index is 3.31. The summed E-state index contributed by atoms with van der Waals surface area (Å²) >= 11 is 0. The number of hydrogen-bond donors (Lipinski definition) is 0. The van der Waals surface area contributed by atoms with Crippen LogP contribution in [0.25, 0.3) is 0 Å². The highest BCUT2D eigenvalue weighted by molar-refractivity contribution is 8.68. The fourth-order valence-corrected chi connectivity index (χ4v) is 9.39. The molecule has 0 fully saturated rings.